The van der Waals surface area contributed by atoms with Gasteiger partial charge in [0, 0.05) is 17.6 Å². The van der Waals surface area contributed by atoms with Crippen LogP contribution in [0.25, 0.3) is 11.1 Å². The molecule has 1 heterocycles. The van der Waals surface area contributed by atoms with E-state index in [0.29, 0.717) is 11.1 Å². The molecule has 23 heavy (non-hydrogen) atoms. The smallest absolute Gasteiger partial charge is 0.395 e. The summed E-state index contributed by atoms with van der Waals surface area (Å²) in [6, 6.07) is 15.1. The molecule has 5 nitrogen and oxygen atoms in total. The second-order valence-corrected chi connectivity index (χ2v) is 5.77. The summed E-state index contributed by atoms with van der Waals surface area (Å²) in [7, 11) is 1.72. The molecule has 0 saturated heterocycles. The quantitative estimate of drug-likeness (QED) is 0.670. The van der Waals surface area contributed by atoms with E-state index in [1.54, 1.807) is 29.8 Å². The van der Waals surface area contributed by atoms with Crippen molar-refractivity contribution in [2.24, 2.45) is 0 Å². The van der Waals surface area contributed by atoms with Gasteiger partial charge < -0.3 is 14.1 Å². The molecule has 0 atom stereocenters. The number of amides is 1. The summed E-state index contributed by atoms with van der Waals surface area (Å²) < 4.78 is 10.8. The van der Waals surface area contributed by atoms with Gasteiger partial charge in [0.25, 0.3) is 5.91 Å². The Morgan fingerprint density at radius 3 is 2.87 bits per heavy atom. The van der Waals surface area contributed by atoms with Crippen molar-refractivity contribution in [2.45, 2.75) is 4.90 Å². The number of anilines is 1. The van der Waals surface area contributed by atoms with Crippen LogP contribution in [0.5, 0.6) is 6.08 Å². The van der Waals surface area contributed by atoms with Gasteiger partial charge in [-0.05, 0) is 36.6 Å². The van der Waals surface area contributed by atoms with E-state index >= 15 is 0 Å². The number of hydrogen-bond donors (Lipinski definition) is 0. The van der Waals surface area contributed by atoms with Gasteiger partial charge in [-0.1, -0.05) is 18.2 Å². The number of carbonyl (C=O) groups is 1. The molecule has 0 fully saturated rings. The van der Waals surface area contributed by atoms with Crippen LogP contribution in [0.4, 0.5) is 5.69 Å². The summed E-state index contributed by atoms with van der Waals surface area (Å²) >= 11 is 1.63. The number of fused-ring (bicyclic) bond motifs is 1. The second kappa shape index (κ2) is 6.75. The van der Waals surface area contributed by atoms with E-state index in [1.165, 1.54) is 0 Å². The van der Waals surface area contributed by atoms with Gasteiger partial charge in [-0.2, -0.15) is 4.98 Å². The molecule has 0 spiro atoms. The summed E-state index contributed by atoms with van der Waals surface area (Å²) in [5.74, 6) is -0.175. The van der Waals surface area contributed by atoms with Crippen LogP contribution in [-0.2, 0) is 4.79 Å². The number of para-hydroxylation sites is 2. The summed E-state index contributed by atoms with van der Waals surface area (Å²) in [6.45, 7) is -0.132. The van der Waals surface area contributed by atoms with Crippen molar-refractivity contribution >= 4 is 34.5 Å². The number of aromatic nitrogens is 1. The Bertz CT molecular complexity index is 798. The normalized spacial score (nSPS) is 10.7. The van der Waals surface area contributed by atoms with E-state index in [4.69, 9.17) is 9.15 Å². The summed E-state index contributed by atoms with van der Waals surface area (Å²) in [5, 5.41) is 0. The average Bonchev–Trinajstić information content (AvgIpc) is 3.02. The highest BCUT2D eigenvalue weighted by Crippen LogP contribution is 2.22. The highest BCUT2D eigenvalue weighted by atomic mass is 32.2. The number of ether oxygens (including phenoxy) is 1. The number of thioether (sulfide) groups is 1. The predicted molar refractivity (Wildman–Crippen MR) is 91.1 cm³/mol. The maximum atomic E-state index is 12.3. The number of hydrogen-bond acceptors (Lipinski definition) is 5. The van der Waals surface area contributed by atoms with Crippen molar-refractivity contribution in [3.8, 4) is 6.08 Å². The average molecular weight is 328 g/mol. The molecular formula is C17H16N2O3S. The standard InChI is InChI=1S/C17H16N2O3S/c1-19(12-6-5-7-13(10-12)23-2)16(20)11-21-17-18-14-8-3-4-9-15(14)22-17/h3-10H,11H2,1-2H3. The lowest BCUT2D eigenvalue weighted by Crippen LogP contribution is -2.31. The lowest BCUT2D eigenvalue weighted by Gasteiger charge is -2.17. The molecule has 6 heteroatoms. The minimum Gasteiger partial charge on any atom is -0.440 e. The van der Waals surface area contributed by atoms with E-state index in [0.717, 1.165) is 10.6 Å². The number of benzene rings is 2. The van der Waals surface area contributed by atoms with Crippen molar-refractivity contribution in [3.63, 3.8) is 0 Å². The SMILES string of the molecule is CSc1cccc(N(C)C(=O)COc2nc3ccccc3o2)c1. The Morgan fingerprint density at radius 2 is 2.09 bits per heavy atom. The number of rotatable bonds is 5. The molecule has 0 saturated carbocycles. The zero-order chi connectivity index (χ0) is 16.2. The third-order valence-electron chi connectivity index (χ3n) is 3.41. The first-order chi connectivity index (χ1) is 11.2. The van der Waals surface area contributed by atoms with Gasteiger partial charge in [-0.3, -0.25) is 4.79 Å². The van der Waals surface area contributed by atoms with Gasteiger partial charge in [0.1, 0.15) is 5.52 Å². The molecule has 0 radical (unpaired) electrons. The predicted octanol–water partition coefficient (Wildman–Crippen LogP) is 3.59. The molecular weight excluding hydrogens is 312 g/mol. The Kier molecular flexibility index (Phi) is 4.52. The van der Waals surface area contributed by atoms with Crippen molar-refractivity contribution in [1.82, 2.24) is 4.98 Å². The topological polar surface area (TPSA) is 55.6 Å². The number of oxazole rings is 1. The van der Waals surface area contributed by atoms with Gasteiger partial charge in [-0.25, -0.2) is 0 Å². The monoisotopic (exact) mass is 328 g/mol. The van der Waals surface area contributed by atoms with Gasteiger partial charge in [0.05, 0.1) is 0 Å². The lowest BCUT2D eigenvalue weighted by atomic mass is 10.3. The van der Waals surface area contributed by atoms with E-state index in [1.807, 2.05) is 48.7 Å². The van der Waals surface area contributed by atoms with Gasteiger partial charge in [0.2, 0.25) is 0 Å². The molecule has 0 bridgehead atoms. The van der Waals surface area contributed by atoms with Crippen molar-refractivity contribution in [3.05, 3.63) is 48.5 Å². The van der Waals surface area contributed by atoms with E-state index < -0.39 is 0 Å². The summed E-state index contributed by atoms with van der Waals surface area (Å²) in [4.78, 5) is 19.1. The zero-order valence-corrected chi connectivity index (χ0v) is 13.7. The van der Waals surface area contributed by atoms with Crippen LogP contribution in [0, 0.1) is 0 Å². The zero-order valence-electron chi connectivity index (χ0n) is 12.9. The first-order valence-electron chi connectivity index (χ1n) is 7.06. The van der Waals surface area contributed by atoms with Gasteiger partial charge in [-0.15, -0.1) is 11.8 Å². The first kappa shape index (κ1) is 15.4. The third-order valence-corrected chi connectivity index (χ3v) is 4.13. The highest BCUT2D eigenvalue weighted by Gasteiger charge is 2.14. The number of carbonyl (C=O) groups excluding carboxylic acids is 1. The Balaban J connectivity index is 1.66. The fraction of sp³-hybridized carbons (Fsp3) is 0.176. The Hall–Kier alpha value is -2.47. The fourth-order valence-corrected chi connectivity index (χ4v) is 2.55. The van der Waals surface area contributed by atoms with Gasteiger partial charge in [0.15, 0.2) is 12.2 Å². The van der Waals surface area contributed by atoms with E-state index in [2.05, 4.69) is 4.98 Å². The molecule has 3 aromatic rings. The van der Waals surface area contributed by atoms with Crippen molar-refractivity contribution in [1.29, 1.82) is 0 Å². The number of likely N-dealkylation sites (N-methyl/N-ethyl adjacent to an activating group) is 1. The van der Waals surface area contributed by atoms with Crippen molar-refractivity contribution in [2.75, 3.05) is 24.8 Å². The summed E-state index contributed by atoms with van der Waals surface area (Å²) in [5.41, 5.74) is 2.16. The van der Waals surface area contributed by atoms with Gasteiger partial charge >= 0.3 is 6.08 Å². The molecule has 0 N–H and O–H groups in total. The van der Waals surface area contributed by atoms with Crippen LogP contribution in [0.3, 0.4) is 0 Å². The molecule has 0 unspecified atom stereocenters. The minimum absolute atomic E-state index is 0.103. The summed E-state index contributed by atoms with van der Waals surface area (Å²) in [6.07, 6.45) is 2.10. The molecule has 118 valence electrons. The van der Waals surface area contributed by atoms with Crippen LogP contribution >= 0.6 is 11.8 Å². The lowest BCUT2D eigenvalue weighted by molar-refractivity contribution is -0.120. The van der Waals surface area contributed by atoms with Crippen LogP contribution in [0.15, 0.2) is 57.8 Å². The minimum atomic E-state index is -0.175. The first-order valence-corrected chi connectivity index (χ1v) is 8.29. The Labute approximate surface area is 138 Å². The van der Waals surface area contributed by atoms with Crippen LogP contribution in [0.2, 0.25) is 0 Å². The molecule has 0 aliphatic heterocycles. The van der Waals surface area contributed by atoms with Crippen LogP contribution < -0.4 is 9.64 Å². The largest absolute Gasteiger partial charge is 0.440 e. The van der Waals surface area contributed by atoms with Crippen LogP contribution in [-0.4, -0.2) is 30.8 Å². The highest BCUT2D eigenvalue weighted by molar-refractivity contribution is 7.98. The third kappa shape index (κ3) is 3.48. The second-order valence-electron chi connectivity index (χ2n) is 4.89. The van der Waals surface area contributed by atoms with E-state index in [-0.39, 0.29) is 18.6 Å². The molecule has 1 amide bonds. The molecule has 3 rings (SSSR count). The molecule has 2 aromatic carbocycles. The maximum absolute atomic E-state index is 12.3. The molecule has 0 aliphatic carbocycles. The number of nitrogens with zero attached hydrogens (tertiary/aromatic N) is 2. The van der Waals surface area contributed by atoms with E-state index in [9.17, 15) is 4.79 Å². The maximum Gasteiger partial charge on any atom is 0.395 e. The molecule has 1 aromatic heterocycles. The van der Waals surface area contributed by atoms with Crippen LogP contribution in [0.1, 0.15) is 0 Å². The van der Waals surface area contributed by atoms with Crippen molar-refractivity contribution < 1.29 is 13.9 Å². The molecule has 0 aliphatic rings. The Morgan fingerprint density at radius 1 is 1.26 bits per heavy atom. The fourth-order valence-electron chi connectivity index (χ4n) is 2.10.